The summed E-state index contributed by atoms with van der Waals surface area (Å²) in [6.45, 7) is 2.80. The summed E-state index contributed by atoms with van der Waals surface area (Å²) < 4.78 is 0. The molecule has 0 fully saturated rings. The lowest BCUT2D eigenvalue weighted by Gasteiger charge is -2.33. The predicted molar refractivity (Wildman–Crippen MR) is 78.9 cm³/mol. The summed E-state index contributed by atoms with van der Waals surface area (Å²) in [6.07, 6.45) is 2.12. The zero-order chi connectivity index (χ0) is 12.8. The van der Waals surface area contributed by atoms with Gasteiger partial charge in [-0.15, -0.1) is 0 Å². The summed E-state index contributed by atoms with van der Waals surface area (Å²) in [5.41, 5.74) is 7.02. The number of benzene rings is 1. The first-order chi connectivity index (χ1) is 8.11. The van der Waals surface area contributed by atoms with Gasteiger partial charge in [0.25, 0.3) is 0 Å². The van der Waals surface area contributed by atoms with E-state index in [0.29, 0.717) is 12.6 Å². The number of nitrogens with zero attached hydrogens (tertiary/aromatic N) is 1. The van der Waals surface area contributed by atoms with Crippen LogP contribution in [-0.4, -0.2) is 36.5 Å². The van der Waals surface area contributed by atoms with Crippen molar-refractivity contribution in [1.82, 2.24) is 4.90 Å². The molecule has 2 nitrogen and oxygen atoms in total. The van der Waals surface area contributed by atoms with E-state index in [4.69, 9.17) is 17.3 Å². The van der Waals surface area contributed by atoms with Gasteiger partial charge in [-0.25, -0.2) is 0 Å². The van der Waals surface area contributed by atoms with Gasteiger partial charge in [-0.3, -0.25) is 4.90 Å². The molecule has 17 heavy (non-hydrogen) atoms. The molecule has 0 saturated heterocycles. The fraction of sp³-hybridized carbons (Fsp3) is 0.538. The molecular weight excluding hydrogens is 252 g/mol. The smallest absolute Gasteiger partial charge is 0.0485 e. The van der Waals surface area contributed by atoms with Crippen molar-refractivity contribution in [2.24, 2.45) is 5.73 Å². The minimum atomic E-state index is 0.186. The van der Waals surface area contributed by atoms with Crippen molar-refractivity contribution in [2.45, 2.75) is 19.0 Å². The Morgan fingerprint density at radius 1 is 1.41 bits per heavy atom. The van der Waals surface area contributed by atoms with Gasteiger partial charge in [-0.2, -0.15) is 11.8 Å². The van der Waals surface area contributed by atoms with Gasteiger partial charge in [0.15, 0.2) is 0 Å². The van der Waals surface area contributed by atoms with Gasteiger partial charge in [0.1, 0.15) is 0 Å². The van der Waals surface area contributed by atoms with Gasteiger partial charge in [0.2, 0.25) is 0 Å². The third-order valence-electron chi connectivity index (χ3n) is 3.08. The average molecular weight is 273 g/mol. The Hall–Kier alpha value is -0.220. The maximum Gasteiger partial charge on any atom is 0.0485 e. The first-order valence-electron chi connectivity index (χ1n) is 5.77. The third kappa shape index (κ3) is 3.88. The molecule has 0 heterocycles. The van der Waals surface area contributed by atoms with Crippen LogP contribution in [0.25, 0.3) is 0 Å². The highest BCUT2D eigenvalue weighted by Crippen LogP contribution is 2.27. The Labute approximate surface area is 114 Å². The van der Waals surface area contributed by atoms with E-state index in [-0.39, 0.29) is 6.04 Å². The maximum absolute atomic E-state index is 6.24. The van der Waals surface area contributed by atoms with Crippen LogP contribution in [0.4, 0.5) is 0 Å². The quantitative estimate of drug-likeness (QED) is 0.863. The molecule has 0 saturated carbocycles. The molecule has 0 bridgehead atoms. The van der Waals surface area contributed by atoms with Gasteiger partial charge in [0.05, 0.1) is 0 Å². The van der Waals surface area contributed by atoms with Crippen LogP contribution >= 0.6 is 23.4 Å². The van der Waals surface area contributed by atoms with Crippen LogP contribution in [0.5, 0.6) is 0 Å². The molecule has 1 aromatic rings. The Morgan fingerprint density at radius 3 is 2.59 bits per heavy atom. The summed E-state index contributed by atoms with van der Waals surface area (Å²) in [6, 6.07) is 8.61. The lowest BCUT2D eigenvalue weighted by Crippen LogP contribution is -2.38. The highest BCUT2D eigenvalue weighted by atomic mass is 35.5. The van der Waals surface area contributed by atoms with Crippen LogP contribution in [0.2, 0.25) is 5.02 Å². The summed E-state index contributed by atoms with van der Waals surface area (Å²) >= 11 is 8.09. The average Bonchev–Trinajstić information content (AvgIpc) is 2.32. The highest BCUT2D eigenvalue weighted by molar-refractivity contribution is 7.98. The van der Waals surface area contributed by atoms with Crippen molar-refractivity contribution in [3.63, 3.8) is 0 Å². The van der Waals surface area contributed by atoms with Crippen LogP contribution in [0.1, 0.15) is 18.5 Å². The number of hydrogen-bond acceptors (Lipinski definition) is 3. The van der Waals surface area contributed by atoms with Crippen molar-refractivity contribution in [3.8, 4) is 0 Å². The van der Waals surface area contributed by atoms with Crippen LogP contribution in [0, 0.1) is 0 Å². The van der Waals surface area contributed by atoms with Gasteiger partial charge >= 0.3 is 0 Å². The van der Waals surface area contributed by atoms with E-state index < -0.39 is 0 Å². The molecule has 0 amide bonds. The van der Waals surface area contributed by atoms with E-state index >= 15 is 0 Å². The number of thioether (sulfide) groups is 1. The molecule has 96 valence electrons. The largest absolute Gasteiger partial charge is 0.329 e. The predicted octanol–water partition coefficient (Wildman–Crippen LogP) is 3.02. The van der Waals surface area contributed by atoms with E-state index in [0.717, 1.165) is 16.3 Å². The normalized spacial score (nSPS) is 14.9. The van der Waals surface area contributed by atoms with Gasteiger partial charge < -0.3 is 5.73 Å². The third-order valence-corrected chi connectivity index (χ3v) is 4.24. The second-order valence-corrected chi connectivity index (χ2v) is 5.56. The topological polar surface area (TPSA) is 29.3 Å². The Morgan fingerprint density at radius 2 is 2.06 bits per heavy atom. The molecule has 0 aliphatic heterocycles. The molecule has 2 unspecified atom stereocenters. The fourth-order valence-corrected chi connectivity index (χ4v) is 2.90. The first-order valence-corrected chi connectivity index (χ1v) is 7.54. The standard InChI is InChI=1S/C13H21ClN2S/c1-10(9-17-3)16(2)13(8-15)11-6-4-5-7-12(11)14/h4-7,10,13H,8-9,15H2,1-3H3. The van der Waals surface area contributed by atoms with Gasteiger partial charge in [0, 0.05) is 29.4 Å². The van der Waals surface area contributed by atoms with E-state index in [1.807, 2.05) is 30.0 Å². The summed E-state index contributed by atoms with van der Waals surface area (Å²) in [5, 5.41) is 0.797. The van der Waals surface area contributed by atoms with E-state index in [9.17, 15) is 0 Å². The number of nitrogens with two attached hydrogens (primary N) is 1. The first kappa shape index (κ1) is 14.8. The van der Waals surface area contributed by atoms with Crippen molar-refractivity contribution in [3.05, 3.63) is 34.9 Å². The van der Waals surface area contributed by atoms with E-state index in [1.165, 1.54) is 0 Å². The second kappa shape index (κ2) is 7.27. The van der Waals surface area contributed by atoms with E-state index in [2.05, 4.69) is 31.2 Å². The van der Waals surface area contributed by atoms with Crippen LogP contribution < -0.4 is 5.73 Å². The van der Waals surface area contributed by atoms with E-state index in [1.54, 1.807) is 0 Å². The number of likely N-dealkylation sites (N-methyl/N-ethyl adjacent to an activating group) is 1. The van der Waals surface area contributed by atoms with Crippen molar-refractivity contribution >= 4 is 23.4 Å². The number of hydrogen-bond donors (Lipinski definition) is 1. The molecular formula is C13H21ClN2S. The number of halogens is 1. The molecule has 0 spiro atoms. The van der Waals surface area contributed by atoms with Crippen LogP contribution in [0.3, 0.4) is 0 Å². The van der Waals surface area contributed by atoms with Gasteiger partial charge in [-0.1, -0.05) is 29.8 Å². The molecule has 0 aliphatic carbocycles. The summed E-state index contributed by atoms with van der Waals surface area (Å²) in [5.74, 6) is 1.09. The summed E-state index contributed by atoms with van der Waals surface area (Å²) in [4.78, 5) is 2.30. The monoisotopic (exact) mass is 272 g/mol. The number of rotatable bonds is 6. The van der Waals surface area contributed by atoms with Crippen molar-refractivity contribution < 1.29 is 0 Å². The minimum Gasteiger partial charge on any atom is -0.329 e. The summed E-state index contributed by atoms with van der Waals surface area (Å²) in [7, 11) is 2.11. The lowest BCUT2D eigenvalue weighted by atomic mass is 10.0. The van der Waals surface area contributed by atoms with Crippen LogP contribution in [-0.2, 0) is 0 Å². The minimum absolute atomic E-state index is 0.186. The Bertz CT molecular complexity index is 346. The molecule has 2 N–H and O–H groups in total. The zero-order valence-corrected chi connectivity index (χ0v) is 12.3. The molecule has 0 radical (unpaired) electrons. The fourth-order valence-electron chi connectivity index (χ4n) is 1.92. The molecule has 1 rings (SSSR count). The van der Waals surface area contributed by atoms with Crippen molar-refractivity contribution in [2.75, 3.05) is 25.6 Å². The maximum atomic E-state index is 6.24. The van der Waals surface area contributed by atoms with Crippen molar-refractivity contribution in [1.29, 1.82) is 0 Å². The Balaban J connectivity index is 2.88. The molecule has 1 aromatic carbocycles. The highest BCUT2D eigenvalue weighted by Gasteiger charge is 2.21. The second-order valence-electron chi connectivity index (χ2n) is 4.24. The van der Waals surface area contributed by atoms with Crippen LogP contribution in [0.15, 0.2) is 24.3 Å². The lowest BCUT2D eigenvalue weighted by molar-refractivity contribution is 0.204. The van der Waals surface area contributed by atoms with Gasteiger partial charge in [-0.05, 0) is 31.9 Å². The molecule has 2 atom stereocenters. The molecule has 0 aromatic heterocycles. The molecule has 4 heteroatoms. The SMILES string of the molecule is CSCC(C)N(C)C(CN)c1ccccc1Cl. The zero-order valence-electron chi connectivity index (χ0n) is 10.7. The Kier molecular flexibility index (Phi) is 6.34. The molecule has 0 aliphatic rings.